The first-order chi connectivity index (χ1) is 9.78. The Hall–Kier alpha value is -1.06. The van der Waals surface area contributed by atoms with Crippen molar-refractivity contribution in [3.63, 3.8) is 0 Å². The predicted octanol–water partition coefficient (Wildman–Crippen LogP) is 4.72. The maximum atomic E-state index is 12.6. The number of carbonyl (C=O) groups is 1. The lowest BCUT2D eigenvalue weighted by atomic mass is 10.0. The fourth-order valence-corrected chi connectivity index (χ4v) is 4.89. The number of hydrogen-bond acceptors (Lipinski definition) is 3. The average molecular weight is 302 g/mol. The fraction of sp³-hybridized carbons (Fsp3) is 0.353. The van der Waals surface area contributed by atoms with Crippen LogP contribution in [0.25, 0.3) is 0 Å². The van der Waals surface area contributed by atoms with Crippen molar-refractivity contribution in [2.45, 2.75) is 31.9 Å². The Morgan fingerprint density at radius 1 is 1.30 bits per heavy atom. The van der Waals surface area contributed by atoms with Crippen molar-refractivity contribution in [2.24, 2.45) is 0 Å². The zero-order valence-electron chi connectivity index (χ0n) is 11.6. The highest BCUT2D eigenvalue weighted by atomic mass is 32.2. The van der Waals surface area contributed by atoms with E-state index in [4.69, 9.17) is 0 Å². The molecule has 1 aromatic heterocycles. The van der Waals surface area contributed by atoms with Crippen molar-refractivity contribution in [1.82, 2.24) is 0 Å². The predicted molar refractivity (Wildman–Crippen MR) is 88.1 cm³/mol. The van der Waals surface area contributed by atoms with E-state index in [1.54, 1.807) is 11.3 Å². The van der Waals surface area contributed by atoms with Gasteiger partial charge in [0.05, 0.1) is 4.88 Å². The highest BCUT2D eigenvalue weighted by Gasteiger charge is 2.18. The van der Waals surface area contributed by atoms with Crippen LogP contribution in [-0.4, -0.2) is 11.5 Å². The number of rotatable bonds is 4. The molecule has 2 aromatic rings. The summed E-state index contributed by atoms with van der Waals surface area (Å²) in [4.78, 5) is 14.9. The van der Waals surface area contributed by atoms with E-state index in [2.05, 4.69) is 25.1 Å². The van der Waals surface area contributed by atoms with Crippen molar-refractivity contribution >= 4 is 28.9 Å². The molecule has 2 heterocycles. The molecule has 104 valence electrons. The third kappa shape index (κ3) is 2.84. The van der Waals surface area contributed by atoms with Crippen LogP contribution in [0.15, 0.2) is 30.3 Å². The first-order valence-electron chi connectivity index (χ1n) is 7.11. The molecular weight excluding hydrogens is 284 g/mol. The van der Waals surface area contributed by atoms with Gasteiger partial charge in [0.2, 0.25) is 5.78 Å². The molecular formula is C17H18OS2. The van der Waals surface area contributed by atoms with Crippen LogP contribution < -0.4 is 0 Å². The van der Waals surface area contributed by atoms with Crippen LogP contribution in [-0.2, 0) is 18.6 Å². The highest BCUT2D eigenvalue weighted by Crippen LogP contribution is 2.32. The molecule has 3 heteroatoms. The van der Waals surface area contributed by atoms with E-state index < -0.39 is 0 Å². The minimum atomic E-state index is 0.187. The van der Waals surface area contributed by atoms with E-state index in [1.165, 1.54) is 21.8 Å². The summed E-state index contributed by atoms with van der Waals surface area (Å²) >= 11 is 3.66. The van der Waals surface area contributed by atoms with Crippen LogP contribution in [0.1, 0.15) is 44.6 Å². The molecule has 0 radical (unpaired) electrons. The van der Waals surface area contributed by atoms with Crippen molar-refractivity contribution in [3.05, 3.63) is 56.8 Å². The zero-order chi connectivity index (χ0) is 13.9. The van der Waals surface area contributed by atoms with Crippen molar-refractivity contribution in [2.75, 3.05) is 5.75 Å². The first-order valence-corrected chi connectivity index (χ1v) is 9.08. The van der Waals surface area contributed by atoms with Crippen molar-refractivity contribution in [1.29, 1.82) is 0 Å². The molecule has 1 aliphatic rings. The molecule has 0 saturated carbocycles. The molecule has 0 fully saturated rings. The Bertz CT molecular complexity index is 604. The maximum Gasteiger partial charge on any atom is 0.202 e. The molecule has 0 bridgehead atoms. The Morgan fingerprint density at radius 2 is 2.20 bits per heavy atom. The number of aryl methyl sites for hydroxylation is 2. The maximum absolute atomic E-state index is 12.6. The first kappa shape index (κ1) is 13.9. The molecule has 1 nitrogen and oxygen atoms in total. The SMILES string of the molecule is CCCc1cccc(C(=O)c2cc3c(s2)CCSC3)c1. The second kappa shape index (κ2) is 6.15. The highest BCUT2D eigenvalue weighted by molar-refractivity contribution is 7.98. The van der Waals surface area contributed by atoms with Crippen LogP contribution >= 0.6 is 23.1 Å². The second-order valence-corrected chi connectivity index (χ2v) is 7.38. The van der Waals surface area contributed by atoms with E-state index in [1.807, 2.05) is 23.9 Å². The summed E-state index contributed by atoms with van der Waals surface area (Å²) in [5.41, 5.74) is 3.47. The van der Waals surface area contributed by atoms with Crippen LogP contribution in [0.2, 0.25) is 0 Å². The van der Waals surface area contributed by atoms with Crippen molar-refractivity contribution in [3.8, 4) is 0 Å². The summed E-state index contributed by atoms with van der Waals surface area (Å²) in [6, 6.07) is 10.2. The monoisotopic (exact) mass is 302 g/mol. The lowest BCUT2D eigenvalue weighted by Crippen LogP contribution is -1.99. The summed E-state index contributed by atoms with van der Waals surface area (Å²) in [6.07, 6.45) is 3.27. The van der Waals surface area contributed by atoms with E-state index >= 15 is 0 Å². The molecule has 0 saturated heterocycles. The number of benzene rings is 1. The van der Waals surface area contributed by atoms with Gasteiger partial charge >= 0.3 is 0 Å². The molecule has 0 amide bonds. The minimum Gasteiger partial charge on any atom is -0.288 e. The molecule has 1 aliphatic heterocycles. The van der Waals surface area contributed by atoms with Gasteiger partial charge in [-0.1, -0.05) is 31.5 Å². The fourth-order valence-electron chi connectivity index (χ4n) is 2.56. The van der Waals surface area contributed by atoms with E-state index in [9.17, 15) is 4.79 Å². The lowest BCUT2D eigenvalue weighted by molar-refractivity contribution is 0.104. The molecule has 3 rings (SSSR count). The van der Waals surface area contributed by atoms with E-state index in [0.29, 0.717) is 0 Å². The third-order valence-corrected chi connectivity index (χ3v) is 5.82. The molecule has 0 spiro atoms. The number of thioether (sulfide) groups is 1. The van der Waals surface area contributed by atoms with Crippen LogP contribution in [0.3, 0.4) is 0 Å². The van der Waals surface area contributed by atoms with Gasteiger partial charge in [-0.3, -0.25) is 4.79 Å². The smallest absolute Gasteiger partial charge is 0.202 e. The van der Waals surface area contributed by atoms with Crippen molar-refractivity contribution < 1.29 is 4.79 Å². The number of hydrogen-bond donors (Lipinski definition) is 0. The summed E-state index contributed by atoms with van der Waals surface area (Å²) < 4.78 is 0. The molecule has 0 atom stereocenters. The van der Waals surface area contributed by atoms with Gasteiger partial charge < -0.3 is 0 Å². The quantitative estimate of drug-likeness (QED) is 0.760. The number of thiophene rings is 1. The van der Waals surface area contributed by atoms with Gasteiger partial charge in [-0.05, 0) is 41.9 Å². The van der Waals surface area contributed by atoms with Gasteiger partial charge in [-0.25, -0.2) is 0 Å². The summed E-state index contributed by atoms with van der Waals surface area (Å²) in [5, 5.41) is 0. The summed E-state index contributed by atoms with van der Waals surface area (Å²) in [6.45, 7) is 2.17. The Morgan fingerprint density at radius 3 is 3.00 bits per heavy atom. The van der Waals surface area contributed by atoms with Gasteiger partial charge in [-0.2, -0.15) is 11.8 Å². The number of fused-ring (bicyclic) bond motifs is 1. The van der Waals surface area contributed by atoms with Crippen LogP contribution in [0.4, 0.5) is 0 Å². The van der Waals surface area contributed by atoms with Crippen LogP contribution in [0.5, 0.6) is 0 Å². The van der Waals surface area contributed by atoms with Gasteiger partial charge in [0.1, 0.15) is 0 Å². The second-order valence-electron chi connectivity index (χ2n) is 5.14. The Balaban J connectivity index is 1.88. The third-order valence-electron chi connectivity index (χ3n) is 3.58. The normalized spacial score (nSPS) is 14.1. The van der Waals surface area contributed by atoms with Gasteiger partial charge in [0.25, 0.3) is 0 Å². The number of ketones is 1. The van der Waals surface area contributed by atoms with E-state index in [0.717, 1.165) is 35.5 Å². The minimum absolute atomic E-state index is 0.187. The molecule has 0 unspecified atom stereocenters. The Kier molecular flexibility index (Phi) is 4.27. The average Bonchev–Trinajstić information content (AvgIpc) is 2.91. The van der Waals surface area contributed by atoms with Crippen LogP contribution in [0, 0.1) is 0 Å². The number of carbonyl (C=O) groups excluding carboxylic acids is 1. The summed E-state index contributed by atoms with van der Waals surface area (Å²) in [5.74, 6) is 2.44. The molecule has 0 N–H and O–H groups in total. The zero-order valence-corrected chi connectivity index (χ0v) is 13.3. The lowest BCUT2D eigenvalue weighted by Gasteiger charge is -2.08. The molecule has 1 aromatic carbocycles. The van der Waals surface area contributed by atoms with Gasteiger partial charge in [0, 0.05) is 16.2 Å². The Labute approximate surface area is 128 Å². The molecule has 20 heavy (non-hydrogen) atoms. The standard InChI is InChI=1S/C17H18OS2/c1-2-4-12-5-3-6-13(9-12)17(18)16-10-14-11-19-8-7-15(14)20-16/h3,5-6,9-10H,2,4,7-8,11H2,1H3. The molecule has 0 aliphatic carbocycles. The topological polar surface area (TPSA) is 17.1 Å². The largest absolute Gasteiger partial charge is 0.288 e. The van der Waals surface area contributed by atoms with Gasteiger partial charge in [-0.15, -0.1) is 11.3 Å². The summed E-state index contributed by atoms with van der Waals surface area (Å²) in [7, 11) is 0. The van der Waals surface area contributed by atoms with Gasteiger partial charge in [0.15, 0.2) is 0 Å². The van der Waals surface area contributed by atoms with E-state index in [-0.39, 0.29) is 5.78 Å².